The molecule has 7 heteroatoms. The van der Waals surface area contributed by atoms with Crippen molar-refractivity contribution >= 4 is 34.8 Å². The molecule has 0 radical (unpaired) electrons. The summed E-state index contributed by atoms with van der Waals surface area (Å²) in [6.07, 6.45) is 5.09. The Bertz CT molecular complexity index is 1040. The van der Waals surface area contributed by atoms with Gasteiger partial charge in [-0.2, -0.15) is 0 Å². The summed E-state index contributed by atoms with van der Waals surface area (Å²) < 4.78 is 2.01. The van der Waals surface area contributed by atoms with Crippen LogP contribution in [-0.4, -0.2) is 27.4 Å². The van der Waals surface area contributed by atoms with E-state index >= 15 is 0 Å². The van der Waals surface area contributed by atoms with E-state index in [1.54, 1.807) is 6.20 Å². The van der Waals surface area contributed by atoms with Crippen molar-refractivity contribution in [2.75, 3.05) is 0 Å². The van der Waals surface area contributed by atoms with E-state index in [4.69, 9.17) is 0 Å². The molecule has 1 aromatic carbocycles. The highest BCUT2D eigenvalue weighted by atomic mass is 16.2. The predicted octanol–water partition coefficient (Wildman–Crippen LogP) is 1.83. The van der Waals surface area contributed by atoms with E-state index in [0.717, 1.165) is 16.6 Å². The van der Waals surface area contributed by atoms with Crippen LogP contribution >= 0.6 is 0 Å². The van der Waals surface area contributed by atoms with Gasteiger partial charge >= 0.3 is 6.03 Å². The van der Waals surface area contributed by atoms with Gasteiger partial charge in [0.25, 0.3) is 11.8 Å². The smallest absolute Gasteiger partial charge is 0.328 e. The van der Waals surface area contributed by atoms with Gasteiger partial charge in [0, 0.05) is 28.9 Å². The molecule has 0 bridgehead atoms. The molecule has 0 atom stereocenters. The van der Waals surface area contributed by atoms with Crippen LogP contribution in [0.3, 0.4) is 0 Å². The predicted molar refractivity (Wildman–Crippen MR) is 94.9 cm³/mol. The number of hydrogen-bond donors (Lipinski definition) is 2. The van der Waals surface area contributed by atoms with Crippen molar-refractivity contribution in [3.63, 3.8) is 0 Å². The Labute approximate surface area is 148 Å². The molecular weight excluding hydrogens is 332 g/mol. The molecule has 3 heterocycles. The lowest BCUT2D eigenvalue weighted by molar-refractivity contribution is -0.123. The van der Waals surface area contributed by atoms with E-state index in [0.29, 0.717) is 12.1 Å². The van der Waals surface area contributed by atoms with Gasteiger partial charge in [-0.3, -0.25) is 25.2 Å². The van der Waals surface area contributed by atoms with Gasteiger partial charge in [-0.05, 0) is 24.3 Å². The molecule has 4 amide bonds. The number of rotatable bonds is 3. The van der Waals surface area contributed by atoms with Gasteiger partial charge in [-0.1, -0.05) is 24.3 Å². The Morgan fingerprint density at radius 1 is 0.962 bits per heavy atom. The van der Waals surface area contributed by atoms with Gasteiger partial charge in [0.15, 0.2) is 0 Å². The van der Waals surface area contributed by atoms with E-state index in [1.165, 1.54) is 6.08 Å². The first-order valence-electron chi connectivity index (χ1n) is 7.98. The number of aromatic nitrogens is 2. The second-order valence-corrected chi connectivity index (χ2v) is 5.85. The van der Waals surface area contributed by atoms with E-state index in [2.05, 4.69) is 15.6 Å². The fraction of sp³-hybridized carbons (Fsp3) is 0.0526. The quantitative estimate of drug-likeness (QED) is 0.559. The first-order chi connectivity index (χ1) is 12.6. The topological polar surface area (TPSA) is 93.1 Å². The fourth-order valence-electron chi connectivity index (χ4n) is 2.95. The number of hydrogen-bond acceptors (Lipinski definition) is 4. The number of benzene rings is 1. The van der Waals surface area contributed by atoms with Crippen LogP contribution in [0.15, 0.2) is 60.4 Å². The maximum absolute atomic E-state index is 12.0. The summed E-state index contributed by atoms with van der Waals surface area (Å²) in [6.45, 7) is 0.557. The number of amides is 4. The average molecular weight is 346 g/mol. The number of imide groups is 2. The minimum Gasteiger partial charge on any atom is -0.341 e. The number of pyridine rings is 1. The van der Waals surface area contributed by atoms with Crippen LogP contribution in [0.5, 0.6) is 0 Å². The van der Waals surface area contributed by atoms with Crippen LogP contribution in [0.1, 0.15) is 11.3 Å². The highest BCUT2D eigenvalue weighted by Crippen LogP contribution is 2.24. The molecule has 0 saturated carbocycles. The van der Waals surface area contributed by atoms with Gasteiger partial charge in [0.05, 0.1) is 12.2 Å². The van der Waals surface area contributed by atoms with Crippen LogP contribution in [0.25, 0.3) is 17.0 Å². The van der Waals surface area contributed by atoms with Crippen LogP contribution < -0.4 is 10.6 Å². The minimum absolute atomic E-state index is 0.106. The maximum Gasteiger partial charge on any atom is 0.328 e. The van der Waals surface area contributed by atoms with Crippen LogP contribution in [0.4, 0.5) is 4.79 Å². The molecule has 0 aliphatic carbocycles. The van der Waals surface area contributed by atoms with Crippen molar-refractivity contribution in [2.45, 2.75) is 6.54 Å². The molecule has 3 aromatic rings. The standard InChI is InChI=1S/C19H14N4O3/c24-17-15(18(25)22-19(26)21-17)9-12-10-23(11-13-5-3-4-8-20-13)16-7-2-1-6-14(12)16/h1-10H,11H2,(H2,21,22,24,25,26). The van der Waals surface area contributed by atoms with Gasteiger partial charge in [0.2, 0.25) is 0 Å². The molecule has 2 N–H and O–H groups in total. The Morgan fingerprint density at radius 2 is 1.69 bits per heavy atom. The molecule has 1 aliphatic rings. The molecule has 1 saturated heterocycles. The largest absolute Gasteiger partial charge is 0.341 e. The van der Waals surface area contributed by atoms with E-state index < -0.39 is 17.8 Å². The number of nitrogens with one attached hydrogen (secondary N) is 2. The Kier molecular flexibility index (Phi) is 3.81. The van der Waals surface area contributed by atoms with E-state index in [1.807, 2.05) is 53.2 Å². The SMILES string of the molecule is O=C1NC(=O)C(=Cc2cn(Cc3ccccn3)c3ccccc23)C(=O)N1. The Hall–Kier alpha value is -3.74. The molecule has 1 aliphatic heterocycles. The minimum atomic E-state index is -0.810. The van der Waals surface area contributed by atoms with Gasteiger partial charge < -0.3 is 4.57 Å². The summed E-state index contributed by atoms with van der Waals surface area (Å²) in [6, 6.07) is 12.6. The fourth-order valence-corrected chi connectivity index (χ4v) is 2.95. The Balaban J connectivity index is 1.79. The molecule has 4 rings (SSSR count). The second-order valence-electron chi connectivity index (χ2n) is 5.85. The third-order valence-electron chi connectivity index (χ3n) is 4.12. The third kappa shape index (κ3) is 2.86. The lowest BCUT2D eigenvalue weighted by Gasteiger charge is -2.13. The van der Waals surface area contributed by atoms with Crippen LogP contribution in [0, 0.1) is 0 Å². The average Bonchev–Trinajstić information content (AvgIpc) is 2.97. The van der Waals surface area contributed by atoms with Crippen LogP contribution in [0.2, 0.25) is 0 Å². The van der Waals surface area contributed by atoms with Crippen LogP contribution in [-0.2, 0) is 16.1 Å². The summed E-state index contributed by atoms with van der Waals surface area (Å²) in [4.78, 5) is 39.5. The highest BCUT2D eigenvalue weighted by molar-refractivity contribution is 6.31. The first-order valence-corrected chi connectivity index (χ1v) is 7.98. The second kappa shape index (κ2) is 6.29. The number of carbonyl (C=O) groups excluding carboxylic acids is 3. The normalized spacial score (nSPS) is 14.3. The van der Waals surface area contributed by atoms with Crippen molar-refractivity contribution in [3.8, 4) is 0 Å². The van der Waals surface area contributed by atoms with Gasteiger partial charge in [0.1, 0.15) is 5.57 Å². The zero-order valence-electron chi connectivity index (χ0n) is 13.6. The number of para-hydroxylation sites is 1. The first kappa shape index (κ1) is 15.8. The summed E-state index contributed by atoms with van der Waals surface area (Å²) in [5.41, 5.74) is 2.46. The molecule has 1 fully saturated rings. The van der Waals surface area contributed by atoms with Crippen molar-refractivity contribution in [1.82, 2.24) is 20.2 Å². The number of carbonyl (C=O) groups is 3. The lowest BCUT2D eigenvalue weighted by Crippen LogP contribution is -2.51. The number of urea groups is 1. The van der Waals surface area contributed by atoms with E-state index in [9.17, 15) is 14.4 Å². The zero-order chi connectivity index (χ0) is 18.1. The lowest BCUT2D eigenvalue weighted by atomic mass is 10.1. The maximum atomic E-state index is 12.0. The van der Waals surface area contributed by atoms with Gasteiger partial charge in [-0.15, -0.1) is 0 Å². The van der Waals surface area contributed by atoms with E-state index in [-0.39, 0.29) is 5.57 Å². The number of nitrogens with zero attached hydrogens (tertiary/aromatic N) is 2. The summed E-state index contributed by atoms with van der Waals surface area (Å²) in [5.74, 6) is -1.42. The summed E-state index contributed by atoms with van der Waals surface area (Å²) in [5, 5.41) is 5.06. The van der Waals surface area contributed by atoms with Crippen molar-refractivity contribution < 1.29 is 14.4 Å². The number of fused-ring (bicyclic) bond motifs is 1. The molecule has 7 nitrogen and oxygen atoms in total. The Morgan fingerprint density at radius 3 is 2.42 bits per heavy atom. The molecule has 128 valence electrons. The molecular formula is C19H14N4O3. The molecule has 0 unspecified atom stereocenters. The van der Waals surface area contributed by atoms with Crippen molar-refractivity contribution in [3.05, 3.63) is 71.7 Å². The molecule has 2 aromatic heterocycles. The molecule has 0 spiro atoms. The summed E-state index contributed by atoms with van der Waals surface area (Å²) in [7, 11) is 0. The van der Waals surface area contributed by atoms with Gasteiger partial charge in [-0.25, -0.2) is 4.79 Å². The van der Waals surface area contributed by atoms with Crippen molar-refractivity contribution in [1.29, 1.82) is 0 Å². The monoisotopic (exact) mass is 346 g/mol. The highest BCUT2D eigenvalue weighted by Gasteiger charge is 2.28. The molecule has 26 heavy (non-hydrogen) atoms. The summed E-state index contributed by atoms with van der Waals surface area (Å²) >= 11 is 0. The third-order valence-corrected chi connectivity index (χ3v) is 4.12. The number of barbiturate groups is 1. The van der Waals surface area contributed by atoms with Crippen molar-refractivity contribution in [2.24, 2.45) is 0 Å². The zero-order valence-corrected chi connectivity index (χ0v) is 13.6.